The molecule has 1 unspecified atom stereocenters. The fraction of sp³-hybridized carbons (Fsp3) is 0.692. The topological polar surface area (TPSA) is 56.2 Å². The van der Waals surface area contributed by atoms with Crippen molar-refractivity contribution in [2.24, 2.45) is 5.92 Å². The monoisotopic (exact) mass is 251 g/mol. The number of amides is 1. The third kappa shape index (κ3) is 4.49. The molecule has 1 aromatic heterocycles. The summed E-state index contributed by atoms with van der Waals surface area (Å²) in [5.41, 5.74) is 0. The van der Waals surface area contributed by atoms with Crippen LogP contribution in [0.2, 0.25) is 0 Å². The Kier molecular flexibility index (Phi) is 5.20. The second-order valence-electron chi connectivity index (χ2n) is 4.74. The maximum atomic E-state index is 11.6. The lowest BCUT2D eigenvalue weighted by Crippen LogP contribution is -2.26. The quantitative estimate of drug-likeness (QED) is 0.792. The minimum Gasteiger partial charge on any atom is -0.381 e. The molecule has 0 radical (unpaired) electrons. The Bertz CT molecular complexity index is 345. The van der Waals surface area contributed by atoms with Gasteiger partial charge in [-0.15, -0.1) is 0 Å². The first-order valence-electron chi connectivity index (χ1n) is 6.66. The third-order valence-electron chi connectivity index (χ3n) is 3.25. The van der Waals surface area contributed by atoms with Crippen LogP contribution in [0.5, 0.6) is 0 Å². The largest absolute Gasteiger partial charge is 0.381 e. The molecule has 1 fully saturated rings. The molecule has 0 saturated carbocycles. The van der Waals surface area contributed by atoms with Crippen LogP contribution >= 0.6 is 0 Å². The molecule has 1 aliphatic heterocycles. The first-order valence-corrected chi connectivity index (χ1v) is 6.66. The molecule has 2 heterocycles. The molecule has 0 aromatic carbocycles. The molecule has 1 atom stereocenters. The van der Waals surface area contributed by atoms with Gasteiger partial charge in [-0.25, -0.2) is 0 Å². The summed E-state index contributed by atoms with van der Waals surface area (Å²) in [5.74, 6) is 0.774. The van der Waals surface area contributed by atoms with E-state index in [0.29, 0.717) is 12.3 Å². The predicted molar refractivity (Wildman–Crippen MR) is 68.0 cm³/mol. The lowest BCUT2D eigenvalue weighted by Gasteiger charge is -2.08. The van der Waals surface area contributed by atoms with Gasteiger partial charge in [0.05, 0.1) is 0 Å². The predicted octanol–water partition coefficient (Wildman–Crippen LogP) is 1.21. The number of hydrogen-bond acceptors (Lipinski definition) is 3. The van der Waals surface area contributed by atoms with E-state index in [1.165, 1.54) is 0 Å². The zero-order valence-corrected chi connectivity index (χ0v) is 10.7. The van der Waals surface area contributed by atoms with E-state index in [1.807, 2.05) is 16.9 Å². The summed E-state index contributed by atoms with van der Waals surface area (Å²) >= 11 is 0. The van der Waals surface area contributed by atoms with Crippen molar-refractivity contribution in [1.82, 2.24) is 15.1 Å². The molecule has 1 aliphatic rings. The summed E-state index contributed by atoms with van der Waals surface area (Å²) < 4.78 is 7.15. The smallest absolute Gasteiger partial charge is 0.220 e. The standard InChI is InChI=1S/C13H21N3O2/c17-13(3-1-8-16-9-2-6-15-16)14-7-4-12-5-10-18-11-12/h2,6,9,12H,1,3-5,7-8,10-11H2,(H,14,17). The van der Waals surface area contributed by atoms with E-state index < -0.39 is 0 Å². The maximum absolute atomic E-state index is 11.6. The van der Waals surface area contributed by atoms with Crippen LogP contribution in [0.3, 0.4) is 0 Å². The zero-order chi connectivity index (χ0) is 12.6. The van der Waals surface area contributed by atoms with Gasteiger partial charge in [-0.3, -0.25) is 9.48 Å². The summed E-state index contributed by atoms with van der Waals surface area (Å²) in [5, 5.41) is 7.06. The van der Waals surface area contributed by atoms with Crippen molar-refractivity contribution in [3.8, 4) is 0 Å². The molecular formula is C13H21N3O2. The highest BCUT2D eigenvalue weighted by Gasteiger charge is 2.15. The molecule has 1 N–H and O–H groups in total. The molecule has 2 rings (SSSR count). The SMILES string of the molecule is O=C(CCCn1cccn1)NCCC1CCOC1. The second kappa shape index (κ2) is 7.16. The average Bonchev–Trinajstić information content (AvgIpc) is 3.01. The van der Waals surface area contributed by atoms with Crippen molar-refractivity contribution in [2.75, 3.05) is 19.8 Å². The molecule has 0 bridgehead atoms. The number of aryl methyl sites for hydroxylation is 1. The van der Waals surface area contributed by atoms with Crippen molar-refractivity contribution in [1.29, 1.82) is 0 Å². The van der Waals surface area contributed by atoms with Gasteiger partial charge >= 0.3 is 0 Å². The van der Waals surface area contributed by atoms with E-state index in [9.17, 15) is 4.79 Å². The Morgan fingerprint density at radius 2 is 2.50 bits per heavy atom. The average molecular weight is 251 g/mol. The number of nitrogens with one attached hydrogen (secondary N) is 1. The van der Waals surface area contributed by atoms with Crippen molar-refractivity contribution < 1.29 is 9.53 Å². The highest BCUT2D eigenvalue weighted by Crippen LogP contribution is 2.15. The normalized spacial score (nSPS) is 19.0. The number of hydrogen-bond donors (Lipinski definition) is 1. The highest BCUT2D eigenvalue weighted by molar-refractivity contribution is 5.75. The van der Waals surface area contributed by atoms with Crippen molar-refractivity contribution in [3.05, 3.63) is 18.5 Å². The van der Waals surface area contributed by atoms with Crippen molar-refractivity contribution in [2.45, 2.75) is 32.2 Å². The molecule has 0 spiro atoms. The number of rotatable bonds is 7. The highest BCUT2D eigenvalue weighted by atomic mass is 16.5. The summed E-state index contributed by atoms with van der Waals surface area (Å²) in [4.78, 5) is 11.6. The van der Waals surface area contributed by atoms with Gasteiger partial charge in [0.25, 0.3) is 0 Å². The van der Waals surface area contributed by atoms with E-state index >= 15 is 0 Å². The minimum atomic E-state index is 0.140. The number of nitrogens with zero attached hydrogens (tertiary/aromatic N) is 2. The van der Waals surface area contributed by atoms with E-state index in [4.69, 9.17) is 4.74 Å². The Balaban J connectivity index is 1.49. The molecular weight excluding hydrogens is 230 g/mol. The lowest BCUT2D eigenvalue weighted by atomic mass is 10.1. The number of aromatic nitrogens is 2. The first-order chi connectivity index (χ1) is 8.84. The fourth-order valence-electron chi connectivity index (χ4n) is 2.15. The first kappa shape index (κ1) is 13.1. The molecule has 1 saturated heterocycles. The van der Waals surface area contributed by atoms with Crippen molar-refractivity contribution in [3.63, 3.8) is 0 Å². The van der Waals surface area contributed by atoms with Crippen LogP contribution in [-0.2, 0) is 16.1 Å². The Morgan fingerprint density at radius 3 is 3.22 bits per heavy atom. The molecule has 1 amide bonds. The minimum absolute atomic E-state index is 0.140. The van der Waals surface area contributed by atoms with E-state index in [1.54, 1.807) is 6.20 Å². The van der Waals surface area contributed by atoms with Gasteiger partial charge in [-0.1, -0.05) is 0 Å². The molecule has 5 heteroatoms. The number of ether oxygens (including phenoxy) is 1. The van der Waals surface area contributed by atoms with Gasteiger partial charge in [0.2, 0.25) is 5.91 Å². The van der Waals surface area contributed by atoms with Crippen LogP contribution in [0.1, 0.15) is 25.7 Å². The van der Waals surface area contributed by atoms with Gasteiger partial charge in [0.1, 0.15) is 0 Å². The third-order valence-corrected chi connectivity index (χ3v) is 3.25. The molecule has 0 aliphatic carbocycles. The zero-order valence-electron chi connectivity index (χ0n) is 10.7. The van der Waals surface area contributed by atoms with E-state index in [-0.39, 0.29) is 5.91 Å². The number of carbonyl (C=O) groups excluding carboxylic acids is 1. The fourth-order valence-corrected chi connectivity index (χ4v) is 2.15. The second-order valence-corrected chi connectivity index (χ2v) is 4.74. The van der Waals surface area contributed by atoms with Gasteiger partial charge in [-0.05, 0) is 31.2 Å². The van der Waals surface area contributed by atoms with Crippen LogP contribution in [-0.4, -0.2) is 35.4 Å². The molecule has 18 heavy (non-hydrogen) atoms. The molecule has 5 nitrogen and oxygen atoms in total. The summed E-state index contributed by atoms with van der Waals surface area (Å²) in [6.45, 7) is 3.31. The van der Waals surface area contributed by atoms with E-state index in [0.717, 1.165) is 45.6 Å². The van der Waals surface area contributed by atoms with Crippen LogP contribution in [0, 0.1) is 5.92 Å². The van der Waals surface area contributed by atoms with Gasteiger partial charge in [0, 0.05) is 45.1 Å². The van der Waals surface area contributed by atoms with Gasteiger partial charge < -0.3 is 10.1 Å². The molecule has 100 valence electrons. The summed E-state index contributed by atoms with van der Waals surface area (Å²) in [6, 6.07) is 1.89. The van der Waals surface area contributed by atoms with E-state index in [2.05, 4.69) is 10.4 Å². The van der Waals surface area contributed by atoms with Gasteiger partial charge in [0.15, 0.2) is 0 Å². The Hall–Kier alpha value is -1.36. The lowest BCUT2D eigenvalue weighted by molar-refractivity contribution is -0.121. The van der Waals surface area contributed by atoms with Gasteiger partial charge in [-0.2, -0.15) is 5.10 Å². The Morgan fingerprint density at radius 1 is 1.56 bits per heavy atom. The van der Waals surface area contributed by atoms with Crippen LogP contribution < -0.4 is 5.32 Å². The number of carbonyl (C=O) groups is 1. The van der Waals surface area contributed by atoms with Crippen molar-refractivity contribution >= 4 is 5.91 Å². The Labute approximate surface area is 108 Å². The summed E-state index contributed by atoms with van der Waals surface area (Å²) in [6.07, 6.45) is 7.24. The van der Waals surface area contributed by atoms with Crippen LogP contribution in [0.4, 0.5) is 0 Å². The molecule has 1 aromatic rings. The summed E-state index contributed by atoms with van der Waals surface area (Å²) in [7, 11) is 0. The van der Waals surface area contributed by atoms with Crippen LogP contribution in [0.15, 0.2) is 18.5 Å². The maximum Gasteiger partial charge on any atom is 0.220 e. The van der Waals surface area contributed by atoms with Crippen LogP contribution in [0.25, 0.3) is 0 Å².